The smallest absolute Gasteiger partial charge is 0.222 e. The van der Waals surface area contributed by atoms with Crippen molar-refractivity contribution in [2.45, 2.75) is 53.1 Å². The first-order valence-electron chi connectivity index (χ1n) is 9.15. The van der Waals surface area contributed by atoms with Gasteiger partial charge in [0.15, 0.2) is 11.5 Å². The third-order valence-corrected chi connectivity index (χ3v) is 4.94. The van der Waals surface area contributed by atoms with E-state index >= 15 is 0 Å². The first-order chi connectivity index (χ1) is 12.5. The van der Waals surface area contributed by atoms with Gasteiger partial charge in [0, 0.05) is 25.1 Å². The number of hydrogen-bond donors (Lipinski definition) is 1. The highest BCUT2D eigenvalue weighted by Gasteiger charge is 2.16. The summed E-state index contributed by atoms with van der Waals surface area (Å²) in [6.07, 6.45) is 1.28. The van der Waals surface area contributed by atoms with Crippen molar-refractivity contribution in [3.8, 4) is 11.5 Å². The maximum absolute atomic E-state index is 12.3. The summed E-state index contributed by atoms with van der Waals surface area (Å²) in [6, 6.07) is 5.75. The predicted molar refractivity (Wildman–Crippen MR) is 99.7 cm³/mol. The van der Waals surface area contributed by atoms with E-state index in [2.05, 4.69) is 17.3 Å². The standard InChI is InChI=1S/C20H27N3O3/c1-13-14(2)22-23(16(13)4)9-8-20(24)21-15(3)17-6-7-18-19(12-17)26-11-5-10-25-18/h6-7,12,15H,5,8-11H2,1-4H3,(H,21,24)/t15-/m0/s1. The molecule has 0 bridgehead atoms. The molecule has 2 heterocycles. The Labute approximate surface area is 154 Å². The summed E-state index contributed by atoms with van der Waals surface area (Å²) in [5.41, 5.74) is 4.32. The van der Waals surface area contributed by atoms with E-state index in [0.717, 1.165) is 34.9 Å². The predicted octanol–water partition coefficient (Wildman–Crippen LogP) is 3.24. The molecule has 1 aliphatic heterocycles. The Morgan fingerprint density at radius 1 is 1.23 bits per heavy atom. The van der Waals surface area contributed by atoms with Gasteiger partial charge in [-0.25, -0.2) is 0 Å². The van der Waals surface area contributed by atoms with Crippen molar-refractivity contribution in [2.75, 3.05) is 13.2 Å². The number of carbonyl (C=O) groups excluding carboxylic acids is 1. The second-order valence-corrected chi connectivity index (χ2v) is 6.81. The molecule has 26 heavy (non-hydrogen) atoms. The van der Waals surface area contributed by atoms with Crippen LogP contribution in [0.3, 0.4) is 0 Å². The van der Waals surface area contributed by atoms with E-state index in [1.807, 2.05) is 43.7 Å². The first-order valence-corrected chi connectivity index (χ1v) is 9.15. The molecule has 0 radical (unpaired) electrons. The molecule has 0 saturated carbocycles. The molecule has 1 aromatic carbocycles. The highest BCUT2D eigenvalue weighted by Crippen LogP contribution is 2.32. The summed E-state index contributed by atoms with van der Waals surface area (Å²) in [4.78, 5) is 12.3. The zero-order valence-electron chi connectivity index (χ0n) is 16.0. The number of benzene rings is 1. The normalized spacial score (nSPS) is 14.6. The molecule has 0 saturated heterocycles. The number of aromatic nitrogens is 2. The maximum atomic E-state index is 12.3. The van der Waals surface area contributed by atoms with Gasteiger partial charge in [-0.3, -0.25) is 9.48 Å². The van der Waals surface area contributed by atoms with Crippen molar-refractivity contribution in [1.82, 2.24) is 15.1 Å². The minimum absolute atomic E-state index is 0.00909. The van der Waals surface area contributed by atoms with Crippen LogP contribution in [0.2, 0.25) is 0 Å². The van der Waals surface area contributed by atoms with Crippen molar-refractivity contribution >= 4 is 5.91 Å². The van der Waals surface area contributed by atoms with Crippen molar-refractivity contribution in [3.63, 3.8) is 0 Å². The number of fused-ring (bicyclic) bond motifs is 1. The molecule has 6 heteroatoms. The molecule has 1 amide bonds. The number of ether oxygens (including phenoxy) is 2. The second-order valence-electron chi connectivity index (χ2n) is 6.81. The molecular weight excluding hydrogens is 330 g/mol. The molecule has 1 aromatic heterocycles. The van der Waals surface area contributed by atoms with Gasteiger partial charge in [0.1, 0.15) is 0 Å². The highest BCUT2D eigenvalue weighted by molar-refractivity contribution is 5.76. The minimum atomic E-state index is -0.0955. The van der Waals surface area contributed by atoms with Crippen LogP contribution in [0.25, 0.3) is 0 Å². The van der Waals surface area contributed by atoms with Gasteiger partial charge in [0.05, 0.1) is 24.9 Å². The topological polar surface area (TPSA) is 65.4 Å². The van der Waals surface area contributed by atoms with Crippen LogP contribution in [-0.4, -0.2) is 28.9 Å². The fraction of sp³-hybridized carbons (Fsp3) is 0.500. The van der Waals surface area contributed by atoms with Crippen LogP contribution in [0, 0.1) is 20.8 Å². The second kappa shape index (κ2) is 7.81. The molecule has 2 aromatic rings. The summed E-state index contributed by atoms with van der Waals surface area (Å²) in [5, 5.41) is 7.54. The van der Waals surface area contributed by atoms with Crippen LogP contribution in [-0.2, 0) is 11.3 Å². The number of hydrogen-bond acceptors (Lipinski definition) is 4. The van der Waals surface area contributed by atoms with Gasteiger partial charge in [-0.05, 0) is 51.0 Å². The van der Waals surface area contributed by atoms with Crippen molar-refractivity contribution in [1.29, 1.82) is 0 Å². The maximum Gasteiger partial charge on any atom is 0.222 e. The van der Waals surface area contributed by atoms with Crippen LogP contribution >= 0.6 is 0 Å². The monoisotopic (exact) mass is 357 g/mol. The first kappa shape index (κ1) is 18.3. The zero-order chi connectivity index (χ0) is 18.7. The largest absolute Gasteiger partial charge is 0.490 e. The molecule has 3 rings (SSSR count). The molecule has 140 valence electrons. The Morgan fingerprint density at radius 3 is 2.65 bits per heavy atom. The lowest BCUT2D eigenvalue weighted by Crippen LogP contribution is -2.27. The average Bonchev–Trinajstić information content (AvgIpc) is 2.81. The van der Waals surface area contributed by atoms with Crippen molar-refractivity contribution in [3.05, 3.63) is 40.7 Å². The summed E-state index contributed by atoms with van der Waals surface area (Å²) in [5.74, 6) is 1.53. The van der Waals surface area contributed by atoms with Crippen LogP contribution in [0.15, 0.2) is 18.2 Å². The Bertz CT molecular complexity index is 798. The Kier molecular flexibility index (Phi) is 5.49. The number of nitrogens with one attached hydrogen (secondary N) is 1. The van der Waals surface area contributed by atoms with Gasteiger partial charge < -0.3 is 14.8 Å². The molecule has 1 atom stereocenters. The molecule has 0 unspecified atom stereocenters. The third-order valence-electron chi connectivity index (χ3n) is 4.94. The molecule has 0 aliphatic carbocycles. The minimum Gasteiger partial charge on any atom is -0.490 e. The van der Waals surface area contributed by atoms with E-state index in [-0.39, 0.29) is 11.9 Å². The van der Waals surface area contributed by atoms with E-state index in [9.17, 15) is 4.79 Å². The van der Waals surface area contributed by atoms with Gasteiger partial charge in [0.25, 0.3) is 0 Å². The Hall–Kier alpha value is -2.50. The van der Waals surface area contributed by atoms with E-state index in [4.69, 9.17) is 9.47 Å². The molecule has 0 spiro atoms. The van der Waals surface area contributed by atoms with Gasteiger partial charge >= 0.3 is 0 Å². The lowest BCUT2D eigenvalue weighted by Gasteiger charge is -2.16. The number of nitrogens with zero attached hydrogens (tertiary/aromatic N) is 2. The van der Waals surface area contributed by atoms with Crippen LogP contribution < -0.4 is 14.8 Å². The summed E-state index contributed by atoms with van der Waals surface area (Å²) in [7, 11) is 0. The van der Waals surface area contributed by atoms with Gasteiger partial charge in [-0.15, -0.1) is 0 Å². The zero-order valence-corrected chi connectivity index (χ0v) is 16.0. The van der Waals surface area contributed by atoms with Gasteiger partial charge in [-0.2, -0.15) is 5.10 Å². The molecule has 6 nitrogen and oxygen atoms in total. The molecule has 0 fully saturated rings. The summed E-state index contributed by atoms with van der Waals surface area (Å²) in [6.45, 7) is 9.97. The number of rotatable bonds is 5. The lowest BCUT2D eigenvalue weighted by molar-refractivity contribution is -0.122. The van der Waals surface area contributed by atoms with Crippen molar-refractivity contribution < 1.29 is 14.3 Å². The quantitative estimate of drug-likeness (QED) is 0.892. The Morgan fingerprint density at radius 2 is 1.96 bits per heavy atom. The van der Waals surface area contributed by atoms with E-state index < -0.39 is 0 Å². The molecule has 1 N–H and O–H groups in total. The number of amides is 1. The van der Waals surface area contributed by atoms with E-state index in [1.165, 1.54) is 5.56 Å². The summed E-state index contributed by atoms with van der Waals surface area (Å²) >= 11 is 0. The lowest BCUT2D eigenvalue weighted by atomic mass is 10.1. The van der Waals surface area contributed by atoms with Gasteiger partial charge in [0.2, 0.25) is 5.91 Å². The number of carbonyl (C=O) groups is 1. The SMILES string of the molecule is Cc1nn(CCC(=O)N[C@@H](C)c2ccc3c(c2)OCCCO3)c(C)c1C. The highest BCUT2D eigenvalue weighted by atomic mass is 16.5. The number of aryl methyl sites for hydroxylation is 2. The van der Waals surface area contributed by atoms with Crippen LogP contribution in [0.1, 0.15) is 48.3 Å². The van der Waals surface area contributed by atoms with E-state index in [1.54, 1.807) is 0 Å². The molecule has 1 aliphatic rings. The fourth-order valence-electron chi connectivity index (χ4n) is 3.06. The van der Waals surface area contributed by atoms with Crippen LogP contribution in [0.4, 0.5) is 0 Å². The average molecular weight is 357 g/mol. The van der Waals surface area contributed by atoms with Gasteiger partial charge in [-0.1, -0.05) is 6.07 Å². The molecular formula is C20H27N3O3. The van der Waals surface area contributed by atoms with E-state index in [0.29, 0.717) is 26.2 Å². The fourth-order valence-corrected chi connectivity index (χ4v) is 3.06. The van der Waals surface area contributed by atoms with Crippen molar-refractivity contribution in [2.24, 2.45) is 0 Å². The third kappa shape index (κ3) is 4.00. The Balaban J connectivity index is 1.58. The van der Waals surface area contributed by atoms with Crippen LogP contribution in [0.5, 0.6) is 11.5 Å². The summed E-state index contributed by atoms with van der Waals surface area (Å²) < 4.78 is 13.3.